The normalized spacial score (nSPS) is 20.1. The third kappa shape index (κ3) is 6.58. The molecule has 15 heteroatoms. The van der Waals surface area contributed by atoms with E-state index in [1.165, 1.54) is 6.07 Å². The molecule has 0 aliphatic carbocycles. The van der Waals surface area contributed by atoms with Crippen molar-refractivity contribution in [3.63, 3.8) is 0 Å². The molecule has 1 aliphatic heterocycles. The van der Waals surface area contributed by atoms with Crippen LogP contribution in [-0.2, 0) is 19.1 Å². The first-order valence-electron chi connectivity index (χ1n) is 9.74. The number of nitrogens with one attached hydrogen (secondary N) is 1. The fourth-order valence-corrected chi connectivity index (χ4v) is 5.67. The molecule has 4 N–H and O–H groups in total. The second-order valence-corrected chi connectivity index (χ2v) is 11.0. The Labute approximate surface area is 198 Å². The van der Waals surface area contributed by atoms with Crippen molar-refractivity contribution in [1.29, 1.82) is 0 Å². The lowest BCUT2D eigenvalue weighted by Crippen LogP contribution is -2.40. The van der Waals surface area contributed by atoms with Crippen LogP contribution in [0.1, 0.15) is 23.2 Å². The van der Waals surface area contributed by atoms with Crippen molar-refractivity contribution < 1.29 is 46.0 Å². The molecule has 1 saturated heterocycles. The Morgan fingerprint density at radius 1 is 1.12 bits per heavy atom. The van der Waals surface area contributed by atoms with Crippen molar-refractivity contribution >= 4 is 41.0 Å². The Balaban J connectivity index is 1.89. The van der Waals surface area contributed by atoms with E-state index in [1.807, 2.05) is 0 Å². The standard InChI is InChI=1S/C19H20ClF2N2O8PS/c20-15-8-12(2-6-16(15)21)23-19(26)11-1-5-17(22)18(7-11)34(30,31)24-9-13(25)3-4-14(10-24)32-33(27,28)29/h1-2,5-8,13-14,25H,3-4,9-10H2,(H,23,26)(H2,27,28,29)/t13?,14-/m0/s1. The first-order valence-corrected chi connectivity index (χ1v) is 13.1. The van der Waals surface area contributed by atoms with Crippen LogP contribution in [-0.4, -0.2) is 58.8 Å². The third-order valence-corrected chi connectivity index (χ3v) is 7.63. The number of carbonyl (C=O) groups is 1. The Morgan fingerprint density at radius 3 is 2.44 bits per heavy atom. The van der Waals surface area contributed by atoms with E-state index in [9.17, 15) is 31.7 Å². The molecule has 2 atom stereocenters. The number of anilines is 1. The Morgan fingerprint density at radius 2 is 1.79 bits per heavy atom. The summed E-state index contributed by atoms with van der Waals surface area (Å²) in [5.74, 6) is -2.74. The van der Waals surface area contributed by atoms with E-state index < -0.39 is 65.6 Å². The van der Waals surface area contributed by atoms with Gasteiger partial charge >= 0.3 is 7.82 Å². The summed E-state index contributed by atoms with van der Waals surface area (Å²) < 4.78 is 70.6. The van der Waals surface area contributed by atoms with Gasteiger partial charge in [-0.05, 0) is 49.2 Å². The van der Waals surface area contributed by atoms with Crippen molar-refractivity contribution in [2.75, 3.05) is 18.4 Å². The highest BCUT2D eigenvalue weighted by Gasteiger charge is 2.36. The number of carbonyl (C=O) groups excluding carboxylic acids is 1. The summed E-state index contributed by atoms with van der Waals surface area (Å²) in [5, 5.41) is 12.2. The predicted molar refractivity (Wildman–Crippen MR) is 117 cm³/mol. The number of aliphatic hydroxyl groups excluding tert-OH is 1. The van der Waals surface area contributed by atoms with Gasteiger partial charge in [-0.25, -0.2) is 21.8 Å². The fraction of sp³-hybridized carbons (Fsp3) is 0.316. The summed E-state index contributed by atoms with van der Waals surface area (Å²) in [5.41, 5.74) is -0.142. The highest BCUT2D eigenvalue weighted by atomic mass is 35.5. The van der Waals surface area contributed by atoms with Crippen molar-refractivity contribution in [2.45, 2.75) is 29.9 Å². The van der Waals surface area contributed by atoms with Gasteiger partial charge in [0.15, 0.2) is 0 Å². The summed E-state index contributed by atoms with van der Waals surface area (Å²) in [6.45, 7) is -1.04. The molecule has 0 bridgehead atoms. The lowest BCUT2D eigenvalue weighted by Gasteiger charge is -2.25. The number of nitrogens with zero attached hydrogens (tertiary/aromatic N) is 1. The SMILES string of the molecule is O=C(Nc1ccc(F)c(Cl)c1)c1ccc(F)c(S(=O)(=O)N2CC(O)CC[C@H](OP(=O)(O)O)C2)c1. The van der Waals surface area contributed by atoms with E-state index in [0.29, 0.717) is 4.31 Å². The third-order valence-electron chi connectivity index (χ3n) is 4.92. The molecule has 1 heterocycles. The van der Waals surface area contributed by atoms with Gasteiger partial charge in [0, 0.05) is 24.3 Å². The molecule has 10 nitrogen and oxygen atoms in total. The van der Waals surface area contributed by atoms with Crippen LogP contribution in [0.4, 0.5) is 14.5 Å². The van der Waals surface area contributed by atoms with Crippen LogP contribution in [0, 0.1) is 11.6 Å². The zero-order valence-electron chi connectivity index (χ0n) is 17.3. The quantitative estimate of drug-likeness (QED) is 0.408. The van der Waals surface area contributed by atoms with Gasteiger partial charge in [-0.2, -0.15) is 4.31 Å². The van der Waals surface area contributed by atoms with Crippen LogP contribution < -0.4 is 5.32 Å². The molecular formula is C19H20ClF2N2O8PS. The molecule has 0 radical (unpaired) electrons. The number of halogens is 3. The smallest absolute Gasteiger partial charge is 0.392 e. The summed E-state index contributed by atoms with van der Waals surface area (Å²) in [6, 6.07) is 5.94. The lowest BCUT2D eigenvalue weighted by molar-refractivity contribution is 0.102. The topological polar surface area (TPSA) is 153 Å². The summed E-state index contributed by atoms with van der Waals surface area (Å²) in [7, 11) is -9.62. The van der Waals surface area contributed by atoms with Gasteiger partial charge in [-0.3, -0.25) is 9.32 Å². The largest absolute Gasteiger partial charge is 0.469 e. The monoisotopic (exact) mass is 540 g/mol. The number of β-amino-alcohol motifs (C(OH)–C–C–N with tert-alkyl or cyclic N) is 1. The molecule has 0 aromatic heterocycles. The highest BCUT2D eigenvalue weighted by Crippen LogP contribution is 2.39. The lowest BCUT2D eigenvalue weighted by atomic mass is 10.1. The average molecular weight is 541 g/mol. The Bertz CT molecular complexity index is 1240. The number of hydrogen-bond donors (Lipinski definition) is 4. The number of aliphatic hydroxyl groups is 1. The van der Waals surface area contributed by atoms with Crippen LogP contribution in [0.15, 0.2) is 41.3 Å². The first-order chi connectivity index (χ1) is 15.8. The minimum atomic E-state index is -4.96. The first kappa shape index (κ1) is 26.6. The van der Waals surface area contributed by atoms with Gasteiger partial charge in [0.1, 0.15) is 16.5 Å². The second-order valence-electron chi connectivity index (χ2n) is 7.50. The molecule has 3 rings (SSSR count). The number of amides is 1. The maximum absolute atomic E-state index is 14.6. The van der Waals surface area contributed by atoms with Gasteiger partial charge in [-0.15, -0.1) is 0 Å². The van der Waals surface area contributed by atoms with Crippen LogP contribution in [0.5, 0.6) is 0 Å². The van der Waals surface area contributed by atoms with Gasteiger partial charge in [0.05, 0.1) is 17.2 Å². The van der Waals surface area contributed by atoms with Crippen LogP contribution in [0.3, 0.4) is 0 Å². The maximum Gasteiger partial charge on any atom is 0.469 e. The van der Waals surface area contributed by atoms with E-state index in [1.54, 1.807) is 0 Å². The van der Waals surface area contributed by atoms with E-state index >= 15 is 0 Å². The maximum atomic E-state index is 14.6. The molecule has 186 valence electrons. The van der Waals surface area contributed by atoms with Crippen molar-refractivity contribution in [3.05, 3.63) is 58.6 Å². The van der Waals surface area contributed by atoms with Gasteiger partial charge < -0.3 is 20.2 Å². The minimum Gasteiger partial charge on any atom is -0.392 e. The summed E-state index contributed by atoms with van der Waals surface area (Å²) in [4.78, 5) is 29.8. The minimum absolute atomic E-state index is 0.0121. The van der Waals surface area contributed by atoms with Crippen molar-refractivity contribution in [3.8, 4) is 0 Å². The summed E-state index contributed by atoms with van der Waals surface area (Å²) in [6.07, 6.45) is -2.52. The van der Waals surface area contributed by atoms with Crippen molar-refractivity contribution in [1.82, 2.24) is 4.31 Å². The molecular weight excluding hydrogens is 521 g/mol. The van der Waals surface area contributed by atoms with Gasteiger partial charge in [0.2, 0.25) is 10.0 Å². The fourth-order valence-electron chi connectivity index (χ4n) is 3.33. The number of sulfonamides is 1. The number of rotatable bonds is 6. The molecule has 0 spiro atoms. The zero-order chi connectivity index (χ0) is 25.3. The molecule has 34 heavy (non-hydrogen) atoms. The predicted octanol–water partition coefficient (Wildman–Crippen LogP) is 2.49. The number of benzene rings is 2. The zero-order valence-corrected chi connectivity index (χ0v) is 19.7. The van der Waals surface area contributed by atoms with E-state index in [4.69, 9.17) is 21.4 Å². The molecule has 1 unspecified atom stereocenters. The highest BCUT2D eigenvalue weighted by molar-refractivity contribution is 7.89. The number of phosphoric acid groups is 1. The molecule has 1 aliphatic rings. The van der Waals surface area contributed by atoms with Gasteiger partial charge in [-0.1, -0.05) is 11.6 Å². The van der Waals surface area contributed by atoms with Crippen LogP contribution >= 0.6 is 19.4 Å². The Hall–Kier alpha value is -1.96. The molecule has 0 saturated carbocycles. The number of hydrogen-bond acceptors (Lipinski definition) is 6. The summed E-state index contributed by atoms with van der Waals surface area (Å²) >= 11 is 5.67. The molecule has 2 aromatic carbocycles. The van der Waals surface area contributed by atoms with Gasteiger partial charge in [0.25, 0.3) is 5.91 Å². The number of phosphoric ester groups is 1. The Kier molecular flexibility index (Phi) is 8.10. The van der Waals surface area contributed by atoms with Crippen LogP contribution in [0.25, 0.3) is 0 Å². The average Bonchev–Trinajstić information content (AvgIpc) is 2.91. The molecule has 1 amide bonds. The van der Waals surface area contributed by atoms with Crippen molar-refractivity contribution in [2.24, 2.45) is 0 Å². The van der Waals surface area contributed by atoms with E-state index in [2.05, 4.69) is 9.84 Å². The molecule has 2 aromatic rings. The van der Waals surface area contributed by atoms with E-state index in [-0.39, 0.29) is 29.1 Å². The van der Waals surface area contributed by atoms with Crippen LogP contribution in [0.2, 0.25) is 5.02 Å². The second kappa shape index (κ2) is 10.3. The molecule has 1 fully saturated rings. The van der Waals surface area contributed by atoms with E-state index in [0.717, 1.165) is 30.3 Å².